The average molecular weight is 458 g/mol. The molecular formula is C25H22N4O5. The van der Waals surface area contributed by atoms with Crippen LogP contribution in [-0.2, 0) is 4.79 Å². The highest BCUT2D eigenvalue weighted by molar-refractivity contribution is 6.06. The summed E-state index contributed by atoms with van der Waals surface area (Å²) in [5, 5.41) is 17.8. The van der Waals surface area contributed by atoms with E-state index in [1.807, 2.05) is 0 Å². The van der Waals surface area contributed by atoms with Gasteiger partial charge in [-0.1, -0.05) is 30.3 Å². The topological polar surface area (TPSA) is 123 Å². The predicted octanol–water partition coefficient (Wildman–Crippen LogP) is 3.91. The molecule has 0 bridgehead atoms. The van der Waals surface area contributed by atoms with E-state index in [4.69, 9.17) is 4.74 Å². The zero-order valence-corrected chi connectivity index (χ0v) is 18.5. The van der Waals surface area contributed by atoms with Crippen molar-refractivity contribution in [3.63, 3.8) is 0 Å². The minimum atomic E-state index is -0.691. The number of nitro benzene ring substituents is 1. The maximum atomic E-state index is 12.9. The number of nitro groups is 1. The van der Waals surface area contributed by atoms with Crippen LogP contribution < -0.4 is 15.5 Å². The maximum Gasteiger partial charge on any atom is 0.287 e. The molecular weight excluding hydrogens is 436 g/mol. The van der Waals surface area contributed by atoms with E-state index in [0.717, 1.165) is 5.56 Å². The Hall–Kier alpha value is -4.79. The number of hydrogen-bond donors (Lipinski definition) is 2. The summed E-state index contributed by atoms with van der Waals surface area (Å²) in [6.07, 6.45) is 1.35. The molecule has 3 rings (SSSR count). The van der Waals surface area contributed by atoms with Crippen LogP contribution in [0, 0.1) is 10.1 Å². The second-order valence-electron chi connectivity index (χ2n) is 7.10. The SMILES string of the molecule is COc1ccc(/C(C)=N/NC(=O)/C(=C/c2cccc([N+](=O)[O-])c2)NC(=O)c2ccccc2)cc1. The fraction of sp³-hybridized carbons (Fsp3) is 0.0800. The molecule has 34 heavy (non-hydrogen) atoms. The number of hydrogen-bond acceptors (Lipinski definition) is 6. The molecule has 9 heteroatoms. The Balaban J connectivity index is 1.87. The van der Waals surface area contributed by atoms with Crippen molar-refractivity contribution in [3.05, 3.63) is 111 Å². The van der Waals surface area contributed by atoms with Gasteiger partial charge in [0, 0.05) is 17.7 Å². The number of non-ortho nitro benzene ring substituents is 1. The number of rotatable bonds is 8. The third kappa shape index (κ3) is 6.36. The van der Waals surface area contributed by atoms with E-state index in [-0.39, 0.29) is 11.4 Å². The van der Waals surface area contributed by atoms with Crippen LogP contribution in [-0.4, -0.2) is 29.6 Å². The lowest BCUT2D eigenvalue weighted by molar-refractivity contribution is -0.384. The first-order valence-corrected chi connectivity index (χ1v) is 10.2. The van der Waals surface area contributed by atoms with E-state index < -0.39 is 16.7 Å². The summed E-state index contributed by atoms with van der Waals surface area (Å²) in [4.78, 5) is 36.1. The molecule has 2 N–H and O–H groups in total. The number of carbonyl (C=O) groups excluding carboxylic acids is 2. The van der Waals surface area contributed by atoms with Crippen LogP contribution in [0.2, 0.25) is 0 Å². The molecule has 172 valence electrons. The summed E-state index contributed by atoms with van der Waals surface area (Å²) in [5.74, 6) is -0.515. The van der Waals surface area contributed by atoms with Crippen molar-refractivity contribution >= 4 is 29.3 Å². The second-order valence-corrected chi connectivity index (χ2v) is 7.10. The summed E-state index contributed by atoms with van der Waals surface area (Å²) in [6.45, 7) is 1.72. The molecule has 0 aliphatic heterocycles. The minimum Gasteiger partial charge on any atom is -0.497 e. The molecule has 0 saturated carbocycles. The molecule has 0 spiro atoms. The first-order chi connectivity index (χ1) is 16.4. The third-order valence-electron chi connectivity index (χ3n) is 4.75. The van der Waals surface area contributed by atoms with Crippen molar-refractivity contribution in [3.8, 4) is 5.75 Å². The molecule has 0 saturated heterocycles. The van der Waals surface area contributed by atoms with Crippen LogP contribution in [0.5, 0.6) is 5.75 Å². The number of amides is 2. The highest BCUT2D eigenvalue weighted by Gasteiger charge is 2.15. The fourth-order valence-electron chi connectivity index (χ4n) is 2.93. The number of methoxy groups -OCH3 is 1. The van der Waals surface area contributed by atoms with Gasteiger partial charge in [0.2, 0.25) is 0 Å². The molecule has 0 atom stereocenters. The van der Waals surface area contributed by atoms with Crippen LogP contribution >= 0.6 is 0 Å². The Morgan fingerprint density at radius 2 is 1.68 bits per heavy atom. The molecule has 3 aromatic carbocycles. The number of nitrogens with one attached hydrogen (secondary N) is 2. The lowest BCUT2D eigenvalue weighted by Gasteiger charge is -2.10. The number of carbonyl (C=O) groups is 2. The minimum absolute atomic E-state index is 0.124. The second kappa shape index (κ2) is 11.2. The highest BCUT2D eigenvalue weighted by Crippen LogP contribution is 2.16. The van der Waals surface area contributed by atoms with Crippen LogP contribution in [0.15, 0.2) is 89.7 Å². The van der Waals surface area contributed by atoms with Crippen molar-refractivity contribution in [1.82, 2.24) is 10.7 Å². The summed E-state index contributed by atoms with van der Waals surface area (Å²) in [6, 6.07) is 21.2. The van der Waals surface area contributed by atoms with Gasteiger partial charge in [0.25, 0.3) is 17.5 Å². The maximum absolute atomic E-state index is 12.9. The molecule has 0 fully saturated rings. The van der Waals surface area contributed by atoms with Crippen molar-refractivity contribution in [2.75, 3.05) is 7.11 Å². The van der Waals surface area contributed by atoms with Crippen molar-refractivity contribution < 1.29 is 19.2 Å². The third-order valence-corrected chi connectivity index (χ3v) is 4.75. The van der Waals surface area contributed by atoms with Gasteiger partial charge in [-0.25, -0.2) is 5.43 Å². The van der Waals surface area contributed by atoms with E-state index in [1.54, 1.807) is 74.7 Å². The lowest BCUT2D eigenvalue weighted by atomic mass is 10.1. The number of benzene rings is 3. The molecule has 0 radical (unpaired) electrons. The van der Waals surface area contributed by atoms with Crippen molar-refractivity contribution in [2.45, 2.75) is 6.92 Å². The number of hydrazone groups is 1. The first-order valence-electron chi connectivity index (χ1n) is 10.2. The van der Waals surface area contributed by atoms with Crippen LogP contribution in [0.3, 0.4) is 0 Å². The normalized spacial score (nSPS) is 11.5. The van der Waals surface area contributed by atoms with E-state index in [2.05, 4.69) is 15.8 Å². The molecule has 9 nitrogen and oxygen atoms in total. The predicted molar refractivity (Wildman–Crippen MR) is 128 cm³/mol. The summed E-state index contributed by atoms with van der Waals surface area (Å²) < 4.78 is 5.13. The van der Waals surface area contributed by atoms with Crippen molar-refractivity contribution in [1.29, 1.82) is 0 Å². The molecule has 0 unspecified atom stereocenters. The Morgan fingerprint density at radius 1 is 0.971 bits per heavy atom. The van der Waals surface area contributed by atoms with Gasteiger partial charge < -0.3 is 10.1 Å². The van der Waals surface area contributed by atoms with Gasteiger partial charge in [0.05, 0.1) is 17.7 Å². The smallest absolute Gasteiger partial charge is 0.287 e. The van der Waals surface area contributed by atoms with Gasteiger partial charge in [-0.3, -0.25) is 19.7 Å². The largest absolute Gasteiger partial charge is 0.497 e. The molecule has 3 aromatic rings. The molecule has 0 aliphatic rings. The molecule has 2 amide bonds. The van der Waals surface area contributed by atoms with Crippen LogP contribution in [0.4, 0.5) is 5.69 Å². The van der Waals surface area contributed by atoms with Gasteiger partial charge in [-0.05, 0) is 60.5 Å². The van der Waals surface area contributed by atoms with Crippen molar-refractivity contribution in [2.24, 2.45) is 5.10 Å². The van der Waals surface area contributed by atoms with Gasteiger partial charge in [0.15, 0.2) is 0 Å². The molecule has 0 aromatic heterocycles. The van der Waals surface area contributed by atoms with E-state index in [0.29, 0.717) is 22.6 Å². The Bertz CT molecular complexity index is 1250. The number of ether oxygens (including phenoxy) is 1. The average Bonchev–Trinajstić information content (AvgIpc) is 2.87. The van der Waals surface area contributed by atoms with Gasteiger partial charge in [-0.15, -0.1) is 0 Å². The molecule has 0 aliphatic carbocycles. The Kier molecular flexibility index (Phi) is 7.85. The zero-order chi connectivity index (χ0) is 24.5. The fourth-order valence-corrected chi connectivity index (χ4v) is 2.93. The van der Waals surface area contributed by atoms with E-state index in [1.165, 1.54) is 24.3 Å². The van der Waals surface area contributed by atoms with Gasteiger partial charge in [-0.2, -0.15) is 5.10 Å². The van der Waals surface area contributed by atoms with Gasteiger partial charge in [0.1, 0.15) is 11.4 Å². The van der Waals surface area contributed by atoms with Crippen LogP contribution in [0.1, 0.15) is 28.4 Å². The highest BCUT2D eigenvalue weighted by atomic mass is 16.6. The number of nitrogens with zero attached hydrogens (tertiary/aromatic N) is 2. The molecule has 0 heterocycles. The van der Waals surface area contributed by atoms with E-state index >= 15 is 0 Å². The lowest BCUT2D eigenvalue weighted by Crippen LogP contribution is -2.33. The standard InChI is InChI=1S/C25H22N4O5/c1-17(19-11-13-22(34-2)14-12-19)27-28-25(31)23(26-24(30)20-8-4-3-5-9-20)16-18-7-6-10-21(15-18)29(32)33/h3-16H,1-2H3,(H,26,30)(H,28,31)/b23-16-,27-17+. The zero-order valence-electron chi connectivity index (χ0n) is 18.5. The summed E-state index contributed by atoms with van der Waals surface area (Å²) >= 11 is 0. The summed E-state index contributed by atoms with van der Waals surface area (Å²) in [7, 11) is 1.56. The van der Waals surface area contributed by atoms with Crippen LogP contribution in [0.25, 0.3) is 6.08 Å². The van der Waals surface area contributed by atoms with Gasteiger partial charge >= 0.3 is 0 Å². The Morgan fingerprint density at radius 3 is 2.32 bits per heavy atom. The summed E-state index contributed by atoms with van der Waals surface area (Å²) in [5.41, 5.74) is 4.16. The van der Waals surface area contributed by atoms with E-state index in [9.17, 15) is 19.7 Å². The Labute approximate surface area is 195 Å². The quantitative estimate of drug-likeness (QED) is 0.229. The monoisotopic (exact) mass is 458 g/mol. The first kappa shape index (κ1) is 23.9.